The number of nitrogens with one attached hydrogen (secondary N) is 1. The Labute approximate surface area is 124 Å². The molecule has 1 aliphatic heterocycles. The minimum absolute atomic E-state index is 0. The van der Waals surface area contributed by atoms with Gasteiger partial charge in [-0.3, -0.25) is 0 Å². The molecule has 18 heavy (non-hydrogen) atoms. The Morgan fingerprint density at radius 2 is 2.06 bits per heavy atom. The summed E-state index contributed by atoms with van der Waals surface area (Å²) in [5, 5.41) is 4.47. The lowest BCUT2D eigenvalue weighted by atomic mass is 9.91. The van der Waals surface area contributed by atoms with Crippen molar-refractivity contribution < 1.29 is 4.74 Å². The van der Waals surface area contributed by atoms with Crippen molar-refractivity contribution in [1.82, 2.24) is 5.32 Å². The average Bonchev–Trinajstić information content (AvgIpc) is 2.25. The molecule has 1 fully saturated rings. The van der Waals surface area contributed by atoms with Crippen molar-refractivity contribution in [2.45, 2.75) is 19.4 Å². The second-order valence-corrected chi connectivity index (χ2v) is 5.20. The molecule has 0 spiro atoms. The molecule has 2 nitrogen and oxygen atoms in total. The third kappa shape index (κ3) is 3.75. The first-order valence-electron chi connectivity index (χ1n) is 5.99. The van der Waals surface area contributed by atoms with E-state index in [-0.39, 0.29) is 18.5 Å². The van der Waals surface area contributed by atoms with Gasteiger partial charge in [-0.1, -0.05) is 36.2 Å². The molecule has 1 heterocycles. The Hall–Kier alpha value is 0.01000. The average molecular weight is 311 g/mol. The summed E-state index contributed by atoms with van der Waals surface area (Å²) < 4.78 is 5.93. The standard InChI is InChI=1S/C13H17Cl2NO.ClH/c1-2-5-17-13(10-7-16-8-10)9-3-4-11(14)12(15)6-9;/h3-4,6,10,13,16H,2,5,7-8H2,1H3;1H/t13-;/m1./s1. The van der Waals surface area contributed by atoms with E-state index in [0.717, 1.165) is 31.7 Å². The van der Waals surface area contributed by atoms with E-state index in [0.29, 0.717) is 16.0 Å². The van der Waals surface area contributed by atoms with E-state index < -0.39 is 0 Å². The first-order valence-corrected chi connectivity index (χ1v) is 6.75. The van der Waals surface area contributed by atoms with Crippen molar-refractivity contribution in [3.8, 4) is 0 Å². The molecule has 1 aromatic carbocycles. The van der Waals surface area contributed by atoms with Crippen LogP contribution in [0.2, 0.25) is 10.0 Å². The van der Waals surface area contributed by atoms with Crippen LogP contribution in [0.15, 0.2) is 18.2 Å². The molecule has 0 saturated carbocycles. The monoisotopic (exact) mass is 309 g/mol. The van der Waals surface area contributed by atoms with Crippen LogP contribution in [0.3, 0.4) is 0 Å². The summed E-state index contributed by atoms with van der Waals surface area (Å²) in [5.74, 6) is 0.541. The second-order valence-electron chi connectivity index (χ2n) is 4.38. The van der Waals surface area contributed by atoms with Crippen LogP contribution < -0.4 is 5.32 Å². The Balaban J connectivity index is 0.00000162. The summed E-state index contributed by atoms with van der Waals surface area (Å²) >= 11 is 12.0. The Morgan fingerprint density at radius 1 is 1.33 bits per heavy atom. The highest BCUT2D eigenvalue weighted by molar-refractivity contribution is 6.42. The quantitative estimate of drug-likeness (QED) is 0.884. The van der Waals surface area contributed by atoms with Crippen molar-refractivity contribution in [2.75, 3.05) is 19.7 Å². The van der Waals surface area contributed by atoms with Crippen LogP contribution in [0.5, 0.6) is 0 Å². The Morgan fingerprint density at radius 3 is 2.56 bits per heavy atom. The molecule has 0 aliphatic carbocycles. The molecule has 1 N–H and O–H groups in total. The van der Waals surface area contributed by atoms with Crippen molar-refractivity contribution >= 4 is 35.6 Å². The zero-order valence-corrected chi connectivity index (χ0v) is 12.6. The van der Waals surface area contributed by atoms with E-state index in [1.165, 1.54) is 0 Å². The van der Waals surface area contributed by atoms with Crippen molar-refractivity contribution in [1.29, 1.82) is 0 Å². The van der Waals surface area contributed by atoms with Gasteiger partial charge in [0.15, 0.2) is 0 Å². The van der Waals surface area contributed by atoms with Gasteiger partial charge in [-0.15, -0.1) is 12.4 Å². The largest absolute Gasteiger partial charge is 0.373 e. The van der Waals surface area contributed by atoms with Crippen LogP contribution in [0, 0.1) is 5.92 Å². The van der Waals surface area contributed by atoms with E-state index in [4.69, 9.17) is 27.9 Å². The summed E-state index contributed by atoms with van der Waals surface area (Å²) in [5.41, 5.74) is 1.12. The van der Waals surface area contributed by atoms with Gasteiger partial charge in [0.05, 0.1) is 16.1 Å². The first-order chi connectivity index (χ1) is 8.22. The zero-order valence-electron chi connectivity index (χ0n) is 10.3. The number of benzene rings is 1. The van der Waals surface area contributed by atoms with Gasteiger partial charge in [0.1, 0.15) is 0 Å². The number of hydrogen-bond donors (Lipinski definition) is 1. The predicted molar refractivity (Wildman–Crippen MR) is 79.1 cm³/mol. The maximum Gasteiger partial charge on any atom is 0.0877 e. The summed E-state index contributed by atoms with van der Waals surface area (Å²) in [7, 11) is 0. The summed E-state index contributed by atoms with van der Waals surface area (Å²) in [6.45, 7) is 4.91. The lowest BCUT2D eigenvalue weighted by Gasteiger charge is -2.35. The van der Waals surface area contributed by atoms with E-state index in [1.807, 2.05) is 18.2 Å². The summed E-state index contributed by atoms with van der Waals surface area (Å²) in [6.07, 6.45) is 1.16. The maximum absolute atomic E-state index is 6.05. The molecule has 0 unspecified atom stereocenters. The number of hydrogen-bond acceptors (Lipinski definition) is 2. The maximum atomic E-state index is 6.05. The minimum atomic E-state index is 0. The van der Waals surface area contributed by atoms with Gasteiger partial charge in [0, 0.05) is 25.6 Å². The topological polar surface area (TPSA) is 21.3 Å². The number of halogens is 3. The van der Waals surface area contributed by atoms with E-state index in [9.17, 15) is 0 Å². The van der Waals surface area contributed by atoms with Crippen molar-refractivity contribution in [3.63, 3.8) is 0 Å². The van der Waals surface area contributed by atoms with Gasteiger partial charge in [-0.05, 0) is 24.1 Å². The van der Waals surface area contributed by atoms with E-state index in [1.54, 1.807) is 0 Å². The number of rotatable bonds is 5. The fourth-order valence-electron chi connectivity index (χ4n) is 1.96. The van der Waals surface area contributed by atoms with Crippen molar-refractivity contribution in [2.24, 2.45) is 5.92 Å². The smallest absolute Gasteiger partial charge is 0.0877 e. The molecule has 102 valence electrons. The summed E-state index contributed by atoms with van der Waals surface area (Å²) in [4.78, 5) is 0. The lowest BCUT2D eigenvalue weighted by Crippen LogP contribution is -2.46. The van der Waals surface area contributed by atoms with Crippen LogP contribution in [0.4, 0.5) is 0 Å². The van der Waals surface area contributed by atoms with Gasteiger partial charge in [0.2, 0.25) is 0 Å². The molecule has 0 bridgehead atoms. The van der Waals surface area contributed by atoms with Gasteiger partial charge >= 0.3 is 0 Å². The fraction of sp³-hybridized carbons (Fsp3) is 0.538. The SMILES string of the molecule is CCCO[C@H](c1ccc(Cl)c(Cl)c1)C1CNC1.Cl. The third-order valence-corrected chi connectivity index (χ3v) is 3.75. The zero-order chi connectivity index (χ0) is 12.3. The molecule has 1 aliphatic rings. The summed E-state index contributed by atoms with van der Waals surface area (Å²) in [6, 6.07) is 5.77. The van der Waals surface area contributed by atoms with Gasteiger partial charge in [-0.25, -0.2) is 0 Å². The normalized spacial score (nSPS) is 16.8. The van der Waals surface area contributed by atoms with Crippen LogP contribution in [-0.4, -0.2) is 19.7 Å². The van der Waals surface area contributed by atoms with Gasteiger partial charge in [0.25, 0.3) is 0 Å². The highest BCUT2D eigenvalue weighted by Crippen LogP contribution is 2.32. The highest BCUT2D eigenvalue weighted by atomic mass is 35.5. The Bertz CT molecular complexity index is 382. The third-order valence-electron chi connectivity index (χ3n) is 3.01. The molecule has 1 aromatic rings. The molecule has 0 aromatic heterocycles. The molecule has 1 atom stereocenters. The molecule has 5 heteroatoms. The molecule has 0 amide bonds. The van der Waals surface area contributed by atoms with E-state index >= 15 is 0 Å². The van der Waals surface area contributed by atoms with Crippen LogP contribution in [0.1, 0.15) is 25.0 Å². The molecular formula is C13H18Cl3NO. The molecule has 0 radical (unpaired) electrons. The van der Waals surface area contributed by atoms with Crippen molar-refractivity contribution in [3.05, 3.63) is 33.8 Å². The highest BCUT2D eigenvalue weighted by Gasteiger charge is 2.29. The molecule has 2 rings (SSSR count). The minimum Gasteiger partial charge on any atom is -0.373 e. The van der Waals surface area contributed by atoms with Crippen LogP contribution in [-0.2, 0) is 4.74 Å². The Kier molecular flexibility index (Phi) is 6.75. The van der Waals surface area contributed by atoms with Gasteiger partial charge < -0.3 is 10.1 Å². The lowest BCUT2D eigenvalue weighted by molar-refractivity contribution is -0.00610. The number of ether oxygens (including phenoxy) is 1. The van der Waals surface area contributed by atoms with Gasteiger partial charge in [-0.2, -0.15) is 0 Å². The molecule has 1 saturated heterocycles. The second kappa shape index (κ2) is 7.56. The predicted octanol–water partition coefficient (Wildman–Crippen LogP) is 4.10. The molecular weight excluding hydrogens is 293 g/mol. The van der Waals surface area contributed by atoms with Crippen LogP contribution >= 0.6 is 35.6 Å². The first kappa shape index (κ1) is 16.1. The van der Waals surface area contributed by atoms with E-state index in [2.05, 4.69) is 12.2 Å². The fourth-order valence-corrected chi connectivity index (χ4v) is 2.27. The van der Waals surface area contributed by atoms with Crippen LogP contribution in [0.25, 0.3) is 0 Å².